The van der Waals surface area contributed by atoms with Crippen LogP contribution in [0.5, 0.6) is 0 Å². The lowest BCUT2D eigenvalue weighted by Crippen LogP contribution is -2.42. The number of rotatable bonds is 1. The molecule has 1 rings (SSSR count). The fourth-order valence-corrected chi connectivity index (χ4v) is 1.20. The van der Waals surface area contributed by atoms with Crippen LogP contribution in [-0.2, 0) is 0 Å². The molecular weight excluding hydrogens is 138 g/mol. The van der Waals surface area contributed by atoms with Crippen LogP contribution in [0.4, 0.5) is 8.78 Å². The molecule has 0 amide bonds. The molecule has 1 heterocycles. The third kappa shape index (κ3) is 1.27. The van der Waals surface area contributed by atoms with Crippen molar-refractivity contribution < 1.29 is 8.78 Å². The molecule has 1 atom stereocenters. The SMILES string of the molecule is CN(C)C1CNCC1(F)F. The molecule has 1 saturated heterocycles. The van der Waals surface area contributed by atoms with Crippen LogP contribution in [0.1, 0.15) is 0 Å². The first kappa shape index (κ1) is 7.88. The van der Waals surface area contributed by atoms with Crippen molar-refractivity contribution in [1.29, 1.82) is 0 Å². The first-order chi connectivity index (χ1) is 4.54. The monoisotopic (exact) mass is 150 g/mol. The summed E-state index contributed by atoms with van der Waals surface area (Å²) in [5, 5.41) is 2.65. The van der Waals surface area contributed by atoms with Gasteiger partial charge in [0.15, 0.2) is 0 Å². The highest BCUT2D eigenvalue weighted by Gasteiger charge is 2.44. The fourth-order valence-electron chi connectivity index (χ4n) is 1.20. The Balaban J connectivity index is 2.59. The highest BCUT2D eigenvalue weighted by molar-refractivity contribution is 4.92. The molecule has 1 aliphatic heterocycles. The van der Waals surface area contributed by atoms with E-state index in [9.17, 15) is 8.78 Å². The van der Waals surface area contributed by atoms with Crippen molar-refractivity contribution in [3.05, 3.63) is 0 Å². The Hall–Kier alpha value is -0.220. The van der Waals surface area contributed by atoms with Gasteiger partial charge in [-0.3, -0.25) is 4.90 Å². The van der Waals surface area contributed by atoms with Crippen LogP contribution < -0.4 is 5.32 Å². The minimum absolute atomic E-state index is 0.185. The molecule has 0 aromatic carbocycles. The first-order valence-corrected chi connectivity index (χ1v) is 3.29. The van der Waals surface area contributed by atoms with Crippen LogP contribution in [0, 0.1) is 0 Å². The molecular formula is C6H12F2N2. The Morgan fingerprint density at radius 3 is 2.30 bits per heavy atom. The minimum Gasteiger partial charge on any atom is -0.309 e. The summed E-state index contributed by atoms with van der Waals surface area (Å²) in [4.78, 5) is 1.56. The van der Waals surface area contributed by atoms with E-state index >= 15 is 0 Å². The summed E-state index contributed by atoms with van der Waals surface area (Å²) in [5.41, 5.74) is 0. The second-order valence-corrected chi connectivity index (χ2v) is 2.87. The Morgan fingerprint density at radius 1 is 1.50 bits per heavy atom. The molecule has 1 N–H and O–H groups in total. The molecule has 1 unspecified atom stereocenters. The quantitative estimate of drug-likeness (QED) is 0.572. The molecule has 10 heavy (non-hydrogen) atoms. The highest BCUT2D eigenvalue weighted by Crippen LogP contribution is 2.24. The predicted molar refractivity (Wildman–Crippen MR) is 35.3 cm³/mol. The second kappa shape index (κ2) is 2.43. The van der Waals surface area contributed by atoms with Crippen molar-refractivity contribution in [2.75, 3.05) is 27.2 Å². The van der Waals surface area contributed by atoms with Crippen molar-refractivity contribution in [1.82, 2.24) is 10.2 Å². The van der Waals surface area contributed by atoms with Crippen LogP contribution in [0.2, 0.25) is 0 Å². The van der Waals surface area contributed by atoms with E-state index < -0.39 is 12.0 Å². The summed E-state index contributed by atoms with van der Waals surface area (Å²) < 4.78 is 25.5. The number of nitrogens with zero attached hydrogens (tertiary/aromatic N) is 1. The third-order valence-electron chi connectivity index (χ3n) is 1.81. The van der Waals surface area contributed by atoms with Crippen LogP contribution >= 0.6 is 0 Å². The van der Waals surface area contributed by atoms with Gasteiger partial charge in [0.05, 0.1) is 12.6 Å². The molecule has 1 fully saturated rings. The standard InChI is InChI=1S/C6H12F2N2/c1-10(2)5-3-9-4-6(5,7)8/h5,9H,3-4H2,1-2H3. The number of halogens is 2. The number of alkyl halides is 2. The zero-order chi connectivity index (χ0) is 7.78. The van der Waals surface area contributed by atoms with Crippen molar-refractivity contribution in [3.63, 3.8) is 0 Å². The molecule has 4 heteroatoms. The van der Waals surface area contributed by atoms with Gasteiger partial charge in [-0.2, -0.15) is 0 Å². The molecule has 60 valence electrons. The van der Waals surface area contributed by atoms with Crippen LogP contribution in [0.15, 0.2) is 0 Å². The molecule has 0 saturated carbocycles. The second-order valence-electron chi connectivity index (χ2n) is 2.87. The van der Waals surface area contributed by atoms with E-state index in [4.69, 9.17) is 0 Å². The van der Waals surface area contributed by atoms with E-state index in [1.807, 2.05) is 0 Å². The van der Waals surface area contributed by atoms with E-state index in [-0.39, 0.29) is 6.54 Å². The molecule has 0 spiro atoms. The summed E-state index contributed by atoms with van der Waals surface area (Å²) in [6, 6.07) is -0.632. The third-order valence-corrected chi connectivity index (χ3v) is 1.81. The van der Waals surface area contributed by atoms with Gasteiger partial charge in [-0.15, -0.1) is 0 Å². The van der Waals surface area contributed by atoms with Gasteiger partial charge >= 0.3 is 0 Å². The highest BCUT2D eigenvalue weighted by atomic mass is 19.3. The van der Waals surface area contributed by atoms with Crippen molar-refractivity contribution in [2.24, 2.45) is 0 Å². The van der Waals surface area contributed by atoms with Crippen molar-refractivity contribution >= 4 is 0 Å². The fraction of sp³-hybridized carbons (Fsp3) is 1.00. The van der Waals surface area contributed by atoms with E-state index in [2.05, 4.69) is 5.32 Å². The average molecular weight is 150 g/mol. The largest absolute Gasteiger partial charge is 0.309 e. The lowest BCUT2D eigenvalue weighted by atomic mass is 10.2. The molecule has 0 aromatic rings. The molecule has 0 bridgehead atoms. The van der Waals surface area contributed by atoms with Gasteiger partial charge in [-0.05, 0) is 14.1 Å². The Kier molecular flexibility index (Phi) is 1.92. The zero-order valence-electron chi connectivity index (χ0n) is 6.19. The number of hydrogen-bond donors (Lipinski definition) is 1. The van der Waals surface area contributed by atoms with E-state index in [0.717, 1.165) is 0 Å². The molecule has 0 radical (unpaired) electrons. The number of nitrogens with one attached hydrogen (secondary N) is 1. The summed E-state index contributed by atoms with van der Waals surface area (Å²) in [6.45, 7) is 0.204. The van der Waals surface area contributed by atoms with Crippen molar-refractivity contribution in [3.8, 4) is 0 Å². The molecule has 1 aliphatic rings. The van der Waals surface area contributed by atoms with Crippen LogP contribution in [0.3, 0.4) is 0 Å². The van der Waals surface area contributed by atoms with Gasteiger partial charge in [0.25, 0.3) is 5.92 Å². The van der Waals surface area contributed by atoms with Crippen molar-refractivity contribution in [2.45, 2.75) is 12.0 Å². The van der Waals surface area contributed by atoms with Gasteiger partial charge in [0, 0.05) is 6.54 Å². The van der Waals surface area contributed by atoms with Gasteiger partial charge in [-0.1, -0.05) is 0 Å². The lowest BCUT2D eigenvalue weighted by molar-refractivity contribution is -0.0341. The maximum atomic E-state index is 12.8. The average Bonchev–Trinajstić information content (AvgIpc) is 2.08. The Bertz CT molecular complexity index is 125. The Labute approximate surface area is 59.2 Å². The van der Waals surface area contributed by atoms with Crippen LogP contribution in [-0.4, -0.2) is 44.0 Å². The lowest BCUT2D eigenvalue weighted by Gasteiger charge is -2.24. The number of hydrogen-bond acceptors (Lipinski definition) is 2. The van der Waals surface area contributed by atoms with Gasteiger partial charge in [-0.25, -0.2) is 8.78 Å². The zero-order valence-corrected chi connectivity index (χ0v) is 6.19. The molecule has 0 aromatic heterocycles. The van der Waals surface area contributed by atoms with Gasteiger partial charge in [0.2, 0.25) is 0 Å². The summed E-state index contributed by atoms with van der Waals surface area (Å²) in [6.07, 6.45) is 0. The van der Waals surface area contributed by atoms with E-state index in [1.165, 1.54) is 0 Å². The van der Waals surface area contributed by atoms with E-state index in [1.54, 1.807) is 19.0 Å². The van der Waals surface area contributed by atoms with Crippen LogP contribution in [0.25, 0.3) is 0 Å². The van der Waals surface area contributed by atoms with Gasteiger partial charge in [0.1, 0.15) is 0 Å². The smallest absolute Gasteiger partial charge is 0.276 e. The topological polar surface area (TPSA) is 15.3 Å². The maximum Gasteiger partial charge on any atom is 0.276 e. The van der Waals surface area contributed by atoms with Gasteiger partial charge < -0.3 is 5.32 Å². The maximum absolute atomic E-state index is 12.8. The minimum atomic E-state index is -2.55. The Morgan fingerprint density at radius 2 is 2.10 bits per heavy atom. The molecule has 0 aliphatic carbocycles. The summed E-state index contributed by atoms with van der Waals surface area (Å²) in [7, 11) is 3.34. The van der Waals surface area contributed by atoms with E-state index in [0.29, 0.717) is 6.54 Å². The summed E-state index contributed by atoms with van der Waals surface area (Å²) >= 11 is 0. The normalized spacial score (nSPS) is 31.5. The predicted octanol–water partition coefficient (Wildman–Crippen LogP) is 0.155. The number of likely N-dealkylation sites (N-methyl/N-ethyl adjacent to an activating group) is 1. The molecule has 2 nitrogen and oxygen atoms in total. The summed E-state index contributed by atoms with van der Waals surface area (Å²) in [5.74, 6) is -2.55. The first-order valence-electron chi connectivity index (χ1n) is 3.29.